The summed E-state index contributed by atoms with van der Waals surface area (Å²) in [5.74, 6) is 1.88. The number of hydrogen-bond donors (Lipinski definition) is 1. The molecule has 0 radical (unpaired) electrons. The molecule has 0 bridgehead atoms. The first-order chi connectivity index (χ1) is 19.3. The summed E-state index contributed by atoms with van der Waals surface area (Å²) in [6, 6.07) is 15.8. The number of carbonyl (C=O) groups excluding carboxylic acids is 2. The van der Waals surface area contributed by atoms with Crippen LogP contribution in [0.5, 0.6) is 11.5 Å². The minimum Gasteiger partial charge on any atom is -0.497 e. The third kappa shape index (κ3) is 5.16. The van der Waals surface area contributed by atoms with Gasteiger partial charge in [0.05, 0.1) is 18.3 Å². The third-order valence-corrected chi connectivity index (χ3v) is 7.89. The summed E-state index contributed by atoms with van der Waals surface area (Å²) < 4.78 is 11.3. The van der Waals surface area contributed by atoms with Gasteiger partial charge in [-0.15, -0.1) is 5.73 Å². The van der Waals surface area contributed by atoms with E-state index in [1.165, 1.54) is 18.1 Å². The molecule has 2 aliphatic carbocycles. The van der Waals surface area contributed by atoms with Crippen LogP contribution in [0.25, 0.3) is 16.6 Å². The molecular weight excluding hydrogens is 502 g/mol. The zero-order chi connectivity index (χ0) is 28.4. The fraction of sp³-hybridized carbons (Fsp3) is 0.273. The van der Waals surface area contributed by atoms with Crippen LogP contribution >= 0.6 is 0 Å². The van der Waals surface area contributed by atoms with Crippen LogP contribution in [0.2, 0.25) is 0 Å². The number of hydrogen-bond acceptors (Lipinski definition) is 6. The summed E-state index contributed by atoms with van der Waals surface area (Å²) >= 11 is 0. The molecule has 1 fully saturated rings. The Kier molecular flexibility index (Phi) is 7.33. The molecule has 1 saturated carbocycles. The molecule has 2 heterocycles. The van der Waals surface area contributed by atoms with Crippen LogP contribution in [0.15, 0.2) is 91.0 Å². The number of aromatic nitrogens is 1. The van der Waals surface area contributed by atoms with E-state index in [-0.39, 0.29) is 30.5 Å². The van der Waals surface area contributed by atoms with Crippen LogP contribution in [-0.4, -0.2) is 35.9 Å². The molecule has 1 aromatic heterocycles. The van der Waals surface area contributed by atoms with E-state index in [0.717, 1.165) is 46.8 Å². The topological polar surface area (TPSA) is 80.8 Å². The molecule has 3 aliphatic rings. The average molecular weight is 538 g/mol. The lowest BCUT2D eigenvalue weighted by molar-refractivity contribution is -0.132. The van der Waals surface area contributed by atoms with E-state index in [4.69, 9.17) is 9.47 Å². The Morgan fingerprint density at radius 2 is 2.05 bits per heavy atom. The van der Waals surface area contributed by atoms with Gasteiger partial charge >= 0.3 is 0 Å². The zero-order valence-electron chi connectivity index (χ0n) is 23.2. The highest BCUT2D eigenvalue weighted by molar-refractivity contribution is 5.95. The molecule has 6 rings (SSSR count). The molecule has 2 unspecified atom stereocenters. The summed E-state index contributed by atoms with van der Waals surface area (Å²) in [4.78, 5) is 29.8. The number of ether oxygens (including phenoxy) is 2. The van der Waals surface area contributed by atoms with Gasteiger partial charge in [0, 0.05) is 50.4 Å². The summed E-state index contributed by atoms with van der Waals surface area (Å²) in [6.07, 6.45) is 8.68. The van der Waals surface area contributed by atoms with E-state index in [1.807, 2.05) is 62.5 Å². The van der Waals surface area contributed by atoms with E-state index in [0.29, 0.717) is 0 Å². The Morgan fingerprint density at radius 1 is 1.25 bits per heavy atom. The molecule has 7 nitrogen and oxygen atoms in total. The van der Waals surface area contributed by atoms with Gasteiger partial charge in [0.25, 0.3) is 0 Å². The van der Waals surface area contributed by atoms with Crippen molar-refractivity contribution in [2.45, 2.75) is 26.8 Å². The number of nitrogens with one attached hydrogen (secondary N) is 1. The van der Waals surface area contributed by atoms with Gasteiger partial charge in [0.2, 0.25) is 11.8 Å². The first-order valence-electron chi connectivity index (χ1n) is 13.3. The van der Waals surface area contributed by atoms with Crippen molar-refractivity contribution in [2.75, 3.05) is 14.2 Å². The van der Waals surface area contributed by atoms with Crippen LogP contribution in [0.1, 0.15) is 32.8 Å². The molecule has 40 heavy (non-hydrogen) atoms. The average Bonchev–Trinajstić information content (AvgIpc) is 3.60. The van der Waals surface area contributed by atoms with Crippen molar-refractivity contribution in [3.8, 4) is 11.5 Å². The van der Waals surface area contributed by atoms with Gasteiger partial charge in [-0.25, -0.2) is 0 Å². The predicted octanol–water partition coefficient (Wildman–Crippen LogP) is 5.88. The molecule has 2 aromatic carbocycles. The number of pyridine rings is 1. The maximum atomic E-state index is 12.2. The van der Waals surface area contributed by atoms with Gasteiger partial charge in [-0.3, -0.25) is 19.9 Å². The molecule has 1 N–H and O–H groups in total. The van der Waals surface area contributed by atoms with E-state index in [9.17, 15) is 9.59 Å². The highest BCUT2D eigenvalue weighted by atomic mass is 16.5. The second-order valence-electron chi connectivity index (χ2n) is 10.4. The lowest BCUT2D eigenvalue weighted by Gasteiger charge is -2.22. The van der Waals surface area contributed by atoms with Gasteiger partial charge in [0.15, 0.2) is 0 Å². The highest BCUT2D eigenvalue weighted by Gasteiger charge is 2.58. The lowest BCUT2D eigenvalue weighted by Crippen LogP contribution is -2.37. The summed E-state index contributed by atoms with van der Waals surface area (Å²) in [7, 11) is 3.72. The highest BCUT2D eigenvalue weighted by Crippen LogP contribution is 2.62. The predicted molar refractivity (Wildman–Crippen MR) is 157 cm³/mol. The molecular formula is C33H35N3O4. The smallest absolute Gasteiger partial charge is 0.230 e. The van der Waals surface area contributed by atoms with Gasteiger partial charge in [-0.05, 0) is 60.4 Å². The summed E-state index contributed by atoms with van der Waals surface area (Å²) in [5, 5.41) is 3.36. The van der Waals surface area contributed by atoms with E-state index >= 15 is 0 Å². The first kappa shape index (κ1) is 27.0. The van der Waals surface area contributed by atoms with Crippen molar-refractivity contribution in [3.05, 3.63) is 102 Å². The fourth-order valence-corrected chi connectivity index (χ4v) is 5.55. The standard InChI is InChI=1S/C21H20N2O3.C12H13NO.H2/c1-13(20(25)23-14(2)24)21-9-7-16(11-15(21)12-21)26-19-8-10-22-18-6-4-3-5-17(18)19;1-4-12-11-7-10(14-3)6-5-9(11)8-13(12)2;/h3-11,13,15H,12H2,1-2H3,(H,23,24,25);5-7H,1,8H2,2-3H3;1H/t13-,15?,21?;;/m1../s1. The third-order valence-electron chi connectivity index (χ3n) is 7.89. The molecule has 7 heteroatoms. The number of rotatable bonds is 5. The van der Waals surface area contributed by atoms with Gasteiger partial charge in [0.1, 0.15) is 17.3 Å². The molecule has 206 valence electrons. The zero-order valence-corrected chi connectivity index (χ0v) is 23.2. The first-order valence-corrected chi connectivity index (χ1v) is 13.3. The van der Waals surface area contributed by atoms with E-state index < -0.39 is 0 Å². The minimum atomic E-state index is -0.320. The Balaban J connectivity index is 0.000000219. The molecule has 2 amide bonds. The Labute approximate surface area is 236 Å². The maximum Gasteiger partial charge on any atom is 0.230 e. The maximum absolute atomic E-state index is 12.2. The van der Waals surface area contributed by atoms with Crippen molar-refractivity contribution in [3.63, 3.8) is 0 Å². The van der Waals surface area contributed by atoms with Crippen molar-refractivity contribution >= 4 is 28.4 Å². The minimum absolute atomic E-state index is 0. The van der Waals surface area contributed by atoms with Crippen molar-refractivity contribution in [2.24, 2.45) is 17.3 Å². The van der Waals surface area contributed by atoms with Crippen molar-refractivity contribution in [1.82, 2.24) is 15.2 Å². The number of nitrogens with zero attached hydrogens (tertiary/aromatic N) is 2. The quantitative estimate of drug-likeness (QED) is 0.409. The van der Waals surface area contributed by atoms with Crippen LogP contribution in [0.4, 0.5) is 0 Å². The van der Waals surface area contributed by atoms with Gasteiger partial charge in [-0.1, -0.05) is 37.8 Å². The van der Waals surface area contributed by atoms with Gasteiger partial charge < -0.3 is 14.4 Å². The summed E-state index contributed by atoms with van der Waals surface area (Å²) in [5.41, 5.74) is 7.19. The van der Waals surface area contributed by atoms with E-state index in [1.54, 1.807) is 13.3 Å². The molecule has 0 saturated heterocycles. The number of fused-ring (bicyclic) bond motifs is 3. The van der Waals surface area contributed by atoms with Crippen LogP contribution < -0.4 is 14.8 Å². The molecule has 0 spiro atoms. The Hall–Kier alpha value is -4.61. The number of benzene rings is 2. The number of amides is 2. The second-order valence-corrected chi connectivity index (χ2v) is 10.4. The molecule has 1 aliphatic heterocycles. The van der Waals surface area contributed by atoms with Crippen molar-refractivity contribution in [1.29, 1.82) is 0 Å². The van der Waals surface area contributed by atoms with Crippen molar-refractivity contribution < 1.29 is 20.5 Å². The largest absolute Gasteiger partial charge is 0.497 e. The molecule has 3 atom stereocenters. The van der Waals surface area contributed by atoms with Crippen LogP contribution in [0.3, 0.4) is 0 Å². The Bertz CT molecular complexity index is 1600. The number of methoxy groups -OCH3 is 1. The lowest BCUT2D eigenvalue weighted by atomic mass is 9.85. The number of para-hydroxylation sites is 1. The second kappa shape index (κ2) is 10.9. The normalized spacial score (nSPS) is 20.7. The monoisotopic (exact) mass is 537 g/mol. The van der Waals surface area contributed by atoms with Crippen LogP contribution in [-0.2, 0) is 16.1 Å². The number of carbonyl (C=O) groups is 2. The molecule has 3 aromatic rings. The number of imide groups is 1. The number of allylic oxidation sites excluding steroid dienone is 3. The Morgan fingerprint density at radius 3 is 2.77 bits per heavy atom. The summed E-state index contributed by atoms with van der Waals surface area (Å²) in [6.45, 7) is 7.86. The van der Waals surface area contributed by atoms with Gasteiger partial charge in [-0.2, -0.15) is 0 Å². The fourth-order valence-electron chi connectivity index (χ4n) is 5.55. The van der Waals surface area contributed by atoms with E-state index in [2.05, 4.69) is 45.7 Å². The SMILES string of the molecule is C=C=C1c2cc(OC)ccc2CN1C.CC(=O)NC(=O)[C@@H](C)C12C=CC(Oc3ccnc4ccccc34)=CC1C2.[HH]. The van der Waals surface area contributed by atoms with Crippen LogP contribution in [0, 0.1) is 17.3 Å².